The van der Waals surface area contributed by atoms with Gasteiger partial charge in [0, 0.05) is 42.7 Å². The van der Waals surface area contributed by atoms with Crippen LogP contribution in [-0.2, 0) is 6.54 Å². The zero-order valence-electron chi connectivity index (χ0n) is 16.1. The number of hydrogen-bond donors (Lipinski definition) is 1. The van der Waals surface area contributed by atoms with Gasteiger partial charge in [-0.1, -0.05) is 51.5 Å². The highest BCUT2D eigenvalue weighted by Gasteiger charge is 2.25. The first-order valence-corrected chi connectivity index (χ1v) is 10.3. The van der Waals surface area contributed by atoms with Crippen LogP contribution in [0.25, 0.3) is 0 Å². The number of nitrogens with zero attached hydrogens (tertiary/aromatic N) is 2. The molecule has 0 saturated carbocycles. The Kier molecular flexibility index (Phi) is 7.41. The highest BCUT2D eigenvalue weighted by Crippen LogP contribution is 2.40. The number of aromatic nitrogens is 2. The van der Waals surface area contributed by atoms with E-state index in [-0.39, 0.29) is 0 Å². The van der Waals surface area contributed by atoms with E-state index in [4.69, 9.17) is 4.74 Å². The number of anilines is 1. The average Bonchev–Trinajstić information content (AvgIpc) is 3.32. The molecule has 1 aliphatic heterocycles. The van der Waals surface area contributed by atoms with E-state index in [9.17, 15) is 0 Å². The van der Waals surface area contributed by atoms with Gasteiger partial charge in [-0.2, -0.15) is 0 Å². The fraction of sp³-hybridized carbons (Fsp3) is 0.591. The van der Waals surface area contributed by atoms with E-state index in [1.807, 2.05) is 18.7 Å². The topological polar surface area (TPSA) is 39.1 Å². The third-order valence-electron chi connectivity index (χ3n) is 5.31. The van der Waals surface area contributed by atoms with E-state index in [0.717, 1.165) is 38.3 Å². The third kappa shape index (κ3) is 5.26. The smallest absolute Gasteiger partial charge is 0.124 e. The lowest BCUT2D eigenvalue weighted by molar-refractivity contribution is 0.300. The van der Waals surface area contributed by atoms with Crippen molar-refractivity contribution in [3.63, 3.8) is 0 Å². The van der Waals surface area contributed by atoms with Gasteiger partial charge in [0.25, 0.3) is 0 Å². The van der Waals surface area contributed by atoms with Gasteiger partial charge in [-0.3, -0.25) is 0 Å². The number of rotatable bonds is 12. The van der Waals surface area contributed by atoms with Crippen molar-refractivity contribution in [2.45, 2.75) is 70.8 Å². The predicted molar refractivity (Wildman–Crippen MR) is 108 cm³/mol. The molecule has 1 atom stereocenters. The van der Waals surface area contributed by atoms with Gasteiger partial charge in [0.05, 0.1) is 12.9 Å². The first kappa shape index (κ1) is 18.8. The Balaban J connectivity index is 1.46. The fourth-order valence-corrected chi connectivity index (χ4v) is 3.79. The highest BCUT2D eigenvalue weighted by molar-refractivity contribution is 5.63. The molecule has 0 radical (unpaired) electrons. The quantitative estimate of drug-likeness (QED) is 0.503. The normalized spacial score (nSPS) is 15.7. The van der Waals surface area contributed by atoms with Gasteiger partial charge in [0.15, 0.2) is 0 Å². The molecular weight excluding hydrogens is 322 g/mol. The Labute approximate surface area is 158 Å². The van der Waals surface area contributed by atoms with Crippen LogP contribution in [0.4, 0.5) is 5.69 Å². The van der Waals surface area contributed by atoms with Gasteiger partial charge >= 0.3 is 0 Å². The van der Waals surface area contributed by atoms with Gasteiger partial charge in [-0.05, 0) is 25.0 Å². The number of unbranched alkanes of at least 4 members (excludes halogenated alkanes) is 6. The summed E-state index contributed by atoms with van der Waals surface area (Å²) in [4.78, 5) is 4.13. The maximum Gasteiger partial charge on any atom is 0.124 e. The lowest BCUT2D eigenvalue weighted by atomic mass is 9.97. The van der Waals surface area contributed by atoms with Crippen molar-refractivity contribution >= 4 is 5.69 Å². The van der Waals surface area contributed by atoms with Crippen molar-refractivity contribution < 1.29 is 4.74 Å². The number of imidazole rings is 1. The molecule has 0 aliphatic carbocycles. The van der Waals surface area contributed by atoms with E-state index in [1.54, 1.807) is 0 Å². The van der Waals surface area contributed by atoms with Crippen molar-refractivity contribution in [3.8, 4) is 5.75 Å². The number of nitrogens with one attached hydrogen (secondary N) is 1. The van der Waals surface area contributed by atoms with Crippen LogP contribution in [0.1, 0.15) is 69.8 Å². The summed E-state index contributed by atoms with van der Waals surface area (Å²) in [6, 6.07) is 6.41. The van der Waals surface area contributed by atoms with E-state index < -0.39 is 0 Å². The molecule has 0 fully saturated rings. The summed E-state index contributed by atoms with van der Waals surface area (Å²) in [7, 11) is 0. The Bertz CT molecular complexity index is 639. The number of aryl methyl sites for hydroxylation is 1. The van der Waals surface area contributed by atoms with Crippen LogP contribution < -0.4 is 10.1 Å². The summed E-state index contributed by atoms with van der Waals surface area (Å²) >= 11 is 0. The first-order chi connectivity index (χ1) is 12.9. The molecule has 4 nitrogen and oxygen atoms in total. The molecule has 2 heterocycles. The molecule has 142 valence electrons. The Morgan fingerprint density at radius 2 is 2.00 bits per heavy atom. The first-order valence-electron chi connectivity index (χ1n) is 10.3. The van der Waals surface area contributed by atoms with E-state index in [1.165, 1.54) is 49.8 Å². The summed E-state index contributed by atoms with van der Waals surface area (Å²) < 4.78 is 8.34. The number of benzene rings is 1. The van der Waals surface area contributed by atoms with Crippen molar-refractivity contribution in [2.24, 2.45) is 0 Å². The zero-order valence-corrected chi connectivity index (χ0v) is 16.1. The van der Waals surface area contributed by atoms with Crippen LogP contribution in [0.3, 0.4) is 0 Å². The third-order valence-corrected chi connectivity index (χ3v) is 5.31. The van der Waals surface area contributed by atoms with Gasteiger partial charge in [-0.15, -0.1) is 0 Å². The molecule has 0 bridgehead atoms. The van der Waals surface area contributed by atoms with Gasteiger partial charge in [0.2, 0.25) is 0 Å². The molecule has 3 rings (SSSR count). The molecule has 1 aromatic carbocycles. The Morgan fingerprint density at radius 3 is 2.81 bits per heavy atom. The van der Waals surface area contributed by atoms with Crippen LogP contribution >= 0.6 is 0 Å². The SMILES string of the molecule is CCCCCCCCCOc1cccc2c1C(CCn1ccnc1)CN2. The molecule has 26 heavy (non-hydrogen) atoms. The second kappa shape index (κ2) is 10.2. The molecule has 1 aromatic heterocycles. The van der Waals surface area contributed by atoms with Crippen LogP contribution in [-0.4, -0.2) is 22.7 Å². The molecule has 0 amide bonds. The van der Waals surface area contributed by atoms with Crippen LogP contribution in [0.5, 0.6) is 5.75 Å². The minimum atomic E-state index is 0.512. The van der Waals surface area contributed by atoms with E-state index in [2.05, 4.69) is 40.0 Å². The predicted octanol–water partition coefficient (Wildman–Crippen LogP) is 5.61. The number of ether oxygens (including phenoxy) is 1. The standard InChI is InChI=1S/C22H33N3O/c1-2-3-4-5-6-7-8-16-26-21-11-9-10-20-22(21)19(17-24-20)12-14-25-15-13-23-18-25/h9-11,13,15,18-19,24H,2-8,12,14,16-17H2,1H3. The van der Waals surface area contributed by atoms with Gasteiger partial charge < -0.3 is 14.6 Å². The summed E-state index contributed by atoms with van der Waals surface area (Å²) in [5.41, 5.74) is 2.62. The van der Waals surface area contributed by atoms with E-state index >= 15 is 0 Å². The molecular formula is C22H33N3O. The fourth-order valence-electron chi connectivity index (χ4n) is 3.79. The minimum absolute atomic E-state index is 0.512. The van der Waals surface area contributed by atoms with Crippen molar-refractivity contribution in [1.82, 2.24) is 9.55 Å². The monoisotopic (exact) mass is 355 g/mol. The average molecular weight is 356 g/mol. The van der Waals surface area contributed by atoms with Crippen LogP contribution in [0.15, 0.2) is 36.9 Å². The maximum absolute atomic E-state index is 6.18. The molecule has 1 aliphatic rings. The maximum atomic E-state index is 6.18. The largest absolute Gasteiger partial charge is 0.493 e. The van der Waals surface area contributed by atoms with Crippen LogP contribution in [0, 0.1) is 0 Å². The van der Waals surface area contributed by atoms with Crippen molar-refractivity contribution in [1.29, 1.82) is 0 Å². The Morgan fingerprint density at radius 1 is 1.15 bits per heavy atom. The highest BCUT2D eigenvalue weighted by atomic mass is 16.5. The minimum Gasteiger partial charge on any atom is -0.493 e. The zero-order chi connectivity index (χ0) is 18.0. The second-order valence-corrected chi connectivity index (χ2v) is 7.35. The summed E-state index contributed by atoms with van der Waals surface area (Å²) in [5, 5.41) is 3.55. The molecule has 0 saturated heterocycles. The molecule has 1 unspecified atom stereocenters. The molecule has 2 aromatic rings. The summed E-state index contributed by atoms with van der Waals surface area (Å²) in [5.74, 6) is 1.59. The van der Waals surface area contributed by atoms with Gasteiger partial charge in [0.1, 0.15) is 5.75 Å². The lowest BCUT2D eigenvalue weighted by Gasteiger charge is -2.16. The summed E-state index contributed by atoms with van der Waals surface area (Å²) in [6.07, 6.45) is 16.1. The van der Waals surface area contributed by atoms with E-state index in [0.29, 0.717) is 5.92 Å². The number of hydrogen-bond acceptors (Lipinski definition) is 3. The molecule has 0 spiro atoms. The second-order valence-electron chi connectivity index (χ2n) is 7.35. The summed E-state index contributed by atoms with van der Waals surface area (Å²) in [6.45, 7) is 5.10. The lowest BCUT2D eigenvalue weighted by Crippen LogP contribution is -2.08. The van der Waals surface area contributed by atoms with Gasteiger partial charge in [-0.25, -0.2) is 4.98 Å². The van der Waals surface area contributed by atoms with Crippen LogP contribution in [0.2, 0.25) is 0 Å². The molecule has 1 N–H and O–H groups in total. The van der Waals surface area contributed by atoms with Crippen molar-refractivity contribution in [2.75, 3.05) is 18.5 Å². The number of fused-ring (bicyclic) bond motifs is 1. The Hall–Kier alpha value is -1.97. The molecule has 4 heteroatoms. The van der Waals surface area contributed by atoms with Crippen molar-refractivity contribution in [3.05, 3.63) is 42.5 Å².